The van der Waals surface area contributed by atoms with E-state index in [9.17, 15) is 0 Å². The van der Waals surface area contributed by atoms with Crippen LogP contribution in [0.3, 0.4) is 0 Å². The van der Waals surface area contributed by atoms with Gasteiger partial charge in [0.1, 0.15) is 0 Å². The van der Waals surface area contributed by atoms with E-state index in [1.807, 2.05) is 0 Å². The first-order valence-corrected chi connectivity index (χ1v) is 33.4. The average Bonchev–Trinajstić information content (AvgIpc) is 1.86. The number of benzene rings is 14. The number of hydrogen-bond donors (Lipinski definition) is 0. The Hall–Kier alpha value is -10.3. The molecule has 0 N–H and O–H groups in total. The fraction of sp³-hybridized carbons (Fsp3) is 0.146. The molecular formula is C89H72N2. The third-order valence-corrected chi connectivity index (χ3v) is 20.8. The number of anilines is 6. The summed E-state index contributed by atoms with van der Waals surface area (Å²) in [5.74, 6) is 1.22. The summed E-state index contributed by atoms with van der Waals surface area (Å²) >= 11 is 0. The van der Waals surface area contributed by atoms with Crippen molar-refractivity contribution in [2.45, 2.75) is 81.5 Å². The van der Waals surface area contributed by atoms with Crippen molar-refractivity contribution in [2.75, 3.05) is 9.80 Å². The van der Waals surface area contributed by atoms with Gasteiger partial charge in [0.2, 0.25) is 0 Å². The first-order chi connectivity index (χ1) is 45.2. The molecule has 2 fully saturated rings. The van der Waals surface area contributed by atoms with Gasteiger partial charge in [-0.15, -0.1) is 0 Å². The summed E-state index contributed by atoms with van der Waals surface area (Å²) in [6, 6.07) is 115. The maximum absolute atomic E-state index is 2.58. The fourth-order valence-corrected chi connectivity index (χ4v) is 16.7. The number of fused-ring (bicyclic) bond motifs is 3. The van der Waals surface area contributed by atoms with Crippen molar-refractivity contribution in [1.82, 2.24) is 0 Å². The van der Waals surface area contributed by atoms with Crippen LogP contribution in [-0.2, 0) is 5.41 Å². The molecule has 0 bridgehead atoms. The van der Waals surface area contributed by atoms with Crippen molar-refractivity contribution in [3.8, 4) is 44.5 Å². The minimum absolute atomic E-state index is 0.547. The minimum atomic E-state index is -0.547. The number of rotatable bonds is 13. The highest BCUT2D eigenvalue weighted by molar-refractivity contribution is 6.28. The average molecular weight is 1170 g/mol. The Morgan fingerprint density at radius 3 is 1.18 bits per heavy atom. The van der Waals surface area contributed by atoms with E-state index in [0.717, 1.165) is 34.1 Å². The lowest BCUT2D eigenvalue weighted by Crippen LogP contribution is -2.29. The summed E-state index contributed by atoms with van der Waals surface area (Å²) in [6.07, 6.45) is 13.0. The van der Waals surface area contributed by atoms with Crippen LogP contribution in [0, 0.1) is 0 Å². The topological polar surface area (TPSA) is 6.48 Å². The zero-order valence-corrected chi connectivity index (χ0v) is 51.5. The molecular weight excluding hydrogens is 1100 g/mol. The van der Waals surface area contributed by atoms with Crippen molar-refractivity contribution < 1.29 is 0 Å². The molecule has 0 heterocycles. The monoisotopic (exact) mass is 1170 g/mol. The Morgan fingerprint density at radius 1 is 0.264 bits per heavy atom. The molecule has 14 aromatic carbocycles. The van der Waals surface area contributed by atoms with E-state index in [0.29, 0.717) is 11.8 Å². The van der Waals surface area contributed by atoms with Gasteiger partial charge in [-0.1, -0.05) is 281 Å². The van der Waals surface area contributed by atoms with Crippen LogP contribution in [0.4, 0.5) is 34.1 Å². The summed E-state index contributed by atoms with van der Waals surface area (Å²) in [4.78, 5) is 4.99. The molecule has 14 aromatic rings. The van der Waals surface area contributed by atoms with Crippen LogP contribution in [0.25, 0.3) is 76.8 Å². The zero-order valence-electron chi connectivity index (χ0n) is 51.5. The van der Waals surface area contributed by atoms with Crippen molar-refractivity contribution in [3.63, 3.8) is 0 Å². The standard InChI is InChI=1S/C89H72N2/c1-5-25-61(26-6-1)65-29-21-31-67(57-65)75-41-13-15-43-77(75)78-44-16-14-42-76(78)68-32-23-39-73(59-68)90(71-35-9-3-10-36-71)85-55-51-63-50-54-82-86(56-52-64-49-53-81(85)87(63)88(64)82)91(72-37-11-4-12-38-72)74-40-24-34-70(60-74)89(69-33-22-30-66(58-69)62-27-7-2-8-28-62)83-47-19-17-45-79(83)80-46-18-20-48-84(80)89/h3-4,9-24,29-62H,1-2,5-8,25-28H2. The molecule has 0 atom stereocenters. The SMILES string of the molecule is c1ccc(N(c2cccc(-c3ccccc3-c3ccccc3-c3cccc(C4CCCCC4)c3)c2)c2ccc3ccc4c(N(c5ccccc5)c5cccc(C6(c7cccc(C8CCCCC8)c7)c7ccccc7-c7ccccc76)c5)ccc5ccc2c3c54)cc1. The smallest absolute Gasteiger partial charge is 0.0714 e. The van der Waals surface area contributed by atoms with Gasteiger partial charge < -0.3 is 9.80 Å². The van der Waals surface area contributed by atoms with Crippen molar-refractivity contribution in [1.29, 1.82) is 0 Å². The van der Waals surface area contributed by atoms with Gasteiger partial charge in [0.25, 0.3) is 0 Å². The van der Waals surface area contributed by atoms with E-state index in [2.05, 4.69) is 313 Å². The second kappa shape index (κ2) is 23.3. The highest BCUT2D eigenvalue weighted by atomic mass is 15.1. The molecule has 0 aromatic heterocycles. The minimum Gasteiger partial charge on any atom is -0.310 e. The fourth-order valence-electron chi connectivity index (χ4n) is 16.7. The zero-order chi connectivity index (χ0) is 60.2. The van der Waals surface area contributed by atoms with Crippen LogP contribution >= 0.6 is 0 Å². The maximum Gasteiger partial charge on any atom is 0.0714 e. The molecule has 3 aliphatic rings. The highest BCUT2D eigenvalue weighted by Gasteiger charge is 2.46. The van der Waals surface area contributed by atoms with E-state index in [1.165, 1.54) is 174 Å². The first-order valence-electron chi connectivity index (χ1n) is 33.4. The maximum atomic E-state index is 2.58. The predicted molar refractivity (Wildman–Crippen MR) is 385 cm³/mol. The Labute approximate surface area is 535 Å². The molecule has 91 heavy (non-hydrogen) atoms. The van der Waals surface area contributed by atoms with Gasteiger partial charge in [-0.05, 0) is 198 Å². The molecule has 2 nitrogen and oxygen atoms in total. The third-order valence-electron chi connectivity index (χ3n) is 20.8. The Balaban J connectivity index is 0.805. The molecule has 17 rings (SSSR count). The summed E-state index contributed by atoms with van der Waals surface area (Å²) in [5, 5.41) is 7.38. The predicted octanol–water partition coefficient (Wildman–Crippen LogP) is 25.0. The molecule has 438 valence electrons. The Morgan fingerprint density at radius 2 is 0.648 bits per heavy atom. The molecule has 3 aliphatic carbocycles. The molecule has 0 radical (unpaired) electrons. The van der Waals surface area contributed by atoms with E-state index < -0.39 is 5.41 Å². The van der Waals surface area contributed by atoms with Crippen molar-refractivity contribution >= 4 is 66.4 Å². The van der Waals surface area contributed by atoms with Crippen LogP contribution in [0.5, 0.6) is 0 Å². The normalized spacial score (nSPS) is 14.8. The molecule has 0 unspecified atom stereocenters. The van der Waals surface area contributed by atoms with Gasteiger partial charge in [0.05, 0.1) is 16.8 Å². The lowest BCUT2D eigenvalue weighted by Gasteiger charge is -2.36. The number of hydrogen-bond acceptors (Lipinski definition) is 2. The van der Waals surface area contributed by atoms with E-state index >= 15 is 0 Å². The molecule has 0 spiro atoms. The van der Waals surface area contributed by atoms with Gasteiger partial charge in [0, 0.05) is 33.5 Å². The lowest BCUT2D eigenvalue weighted by atomic mass is 9.67. The highest BCUT2D eigenvalue weighted by Crippen LogP contribution is 2.58. The number of para-hydroxylation sites is 2. The second-order valence-corrected chi connectivity index (χ2v) is 25.9. The van der Waals surface area contributed by atoms with Crippen LogP contribution < -0.4 is 9.80 Å². The van der Waals surface area contributed by atoms with Gasteiger partial charge >= 0.3 is 0 Å². The molecule has 0 aliphatic heterocycles. The van der Waals surface area contributed by atoms with Gasteiger partial charge in [-0.2, -0.15) is 0 Å². The van der Waals surface area contributed by atoms with Gasteiger partial charge in [-0.25, -0.2) is 0 Å². The van der Waals surface area contributed by atoms with E-state index in [1.54, 1.807) is 0 Å². The Kier molecular flexibility index (Phi) is 14.0. The molecule has 2 heteroatoms. The van der Waals surface area contributed by atoms with Gasteiger partial charge in [0.15, 0.2) is 0 Å². The van der Waals surface area contributed by atoms with Crippen LogP contribution in [0.1, 0.15) is 109 Å². The Bertz CT molecular complexity index is 4940. The molecule has 2 saturated carbocycles. The van der Waals surface area contributed by atoms with Crippen LogP contribution in [0.2, 0.25) is 0 Å². The molecule has 0 amide bonds. The number of nitrogens with zero attached hydrogens (tertiary/aromatic N) is 2. The van der Waals surface area contributed by atoms with Crippen molar-refractivity contribution in [3.05, 3.63) is 337 Å². The summed E-state index contributed by atoms with van der Waals surface area (Å²) in [6.45, 7) is 0. The van der Waals surface area contributed by atoms with Crippen LogP contribution in [-0.4, -0.2) is 0 Å². The summed E-state index contributed by atoms with van der Waals surface area (Å²) in [7, 11) is 0. The lowest BCUT2D eigenvalue weighted by molar-refractivity contribution is 0.443. The first kappa shape index (κ1) is 54.8. The van der Waals surface area contributed by atoms with E-state index in [4.69, 9.17) is 0 Å². The summed E-state index contributed by atoms with van der Waals surface area (Å²) < 4.78 is 0. The summed E-state index contributed by atoms with van der Waals surface area (Å²) in [5.41, 5.74) is 24.4. The largest absolute Gasteiger partial charge is 0.310 e. The van der Waals surface area contributed by atoms with E-state index in [-0.39, 0.29) is 0 Å². The van der Waals surface area contributed by atoms with Crippen molar-refractivity contribution in [2.24, 2.45) is 0 Å². The second-order valence-electron chi connectivity index (χ2n) is 25.9. The quantitative estimate of drug-likeness (QED) is 0.106. The molecule has 0 saturated heterocycles. The van der Waals surface area contributed by atoms with Crippen LogP contribution in [0.15, 0.2) is 303 Å². The third kappa shape index (κ3) is 9.45. The van der Waals surface area contributed by atoms with Gasteiger partial charge in [-0.3, -0.25) is 0 Å².